The Balaban J connectivity index is 1.62. The van der Waals surface area contributed by atoms with E-state index in [2.05, 4.69) is 5.32 Å². The van der Waals surface area contributed by atoms with Gasteiger partial charge in [0.25, 0.3) is 15.9 Å². The van der Waals surface area contributed by atoms with Crippen LogP contribution in [0.15, 0.2) is 40.6 Å². The molecule has 2 aromatic rings. The molecule has 2 amide bonds. The summed E-state index contributed by atoms with van der Waals surface area (Å²) in [6.07, 6.45) is 1.30. The highest BCUT2D eigenvalue weighted by Gasteiger charge is 2.33. The van der Waals surface area contributed by atoms with E-state index < -0.39 is 10.0 Å². The number of nitrogens with one attached hydrogen (secondary N) is 1. The normalized spacial score (nSPS) is 17.5. The number of rotatable bonds is 6. The molecule has 1 aliphatic heterocycles. The van der Waals surface area contributed by atoms with Gasteiger partial charge >= 0.3 is 0 Å². The number of amides is 2. The predicted molar refractivity (Wildman–Crippen MR) is 117 cm³/mol. The molecule has 0 saturated carbocycles. The molecule has 1 fully saturated rings. The van der Waals surface area contributed by atoms with Crippen LogP contribution in [0.4, 0.5) is 0 Å². The first kappa shape index (κ1) is 22.5. The van der Waals surface area contributed by atoms with Crippen LogP contribution in [-0.4, -0.2) is 56.6 Å². The van der Waals surface area contributed by atoms with Gasteiger partial charge in [0.1, 0.15) is 4.21 Å². The number of hydrogen-bond acceptors (Lipinski definition) is 5. The zero-order valence-electron chi connectivity index (χ0n) is 17.4. The molecule has 30 heavy (non-hydrogen) atoms. The van der Waals surface area contributed by atoms with Gasteiger partial charge in [0.2, 0.25) is 5.91 Å². The van der Waals surface area contributed by atoms with Gasteiger partial charge in [-0.15, -0.1) is 11.3 Å². The van der Waals surface area contributed by atoms with Crippen molar-refractivity contribution in [1.82, 2.24) is 14.5 Å². The molecule has 0 spiro atoms. The van der Waals surface area contributed by atoms with Crippen LogP contribution < -0.4 is 5.32 Å². The lowest BCUT2D eigenvalue weighted by Crippen LogP contribution is -2.45. The molecule has 0 radical (unpaired) electrons. The van der Waals surface area contributed by atoms with Crippen LogP contribution >= 0.6 is 11.3 Å². The summed E-state index contributed by atoms with van der Waals surface area (Å²) in [6, 6.07) is 10.6. The molecule has 1 aromatic carbocycles. The Hall–Kier alpha value is -2.23. The Morgan fingerprint density at radius 1 is 1.23 bits per heavy atom. The maximum atomic E-state index is 12.9. The second-order valence-corrected chi connectivity index (χ2v) is 11.1. The number of piperidine rings is 1. The van der Waals surface area contributed by atoms with Gasteiger partial charge in [-0.3, -0.25) is 9.59 Å². The lowest BCUT2D eigenvalue weighted by atomic mass is 9.98. The first-order chi connectivity index (χ1) is 14.2. The summed E-state index contributed by atoms with van der Waals surface area (Å²) in [5, 5.41) is 2.90. The number of thiophene rings is 1. The van der Waals surface area contributed by atoms with Gasteiger partial charge in [0.05, 0.1) is 5.92 Å². The fourth-order valence-corrected chi connectivity index (χ4v) is 6.42. The molecular formula is C21H27N3O4S2. The van der Waals surface area contributed by atoms with E-state index in [1.165, 1.54) is 20.5 Å². The van der Waals surface area contributed by atoms with Gasteiger partial charge in [-0.2, -0.15) is 4.31 Å². The van der Waals surface area contributed by atoms with Crippen molar-refractivity contribution in [3.05, 3.63) is 52.4 Å². The third-order valence-electron chi connectivity index (χ3n) is 5.11. The number of carbonyl (C=O) groups excluding carboxylic acids is 2. The summed E-state index contributed by atoms with van der Waals surface area (Å²) in [6.45, 7) is 2.78. The second kappa shape index (κ2) is 9.28. The van der Waals surface area contributed by atoms with E-state index >= 15 is 0 Å². The van der Waals surface area contributed by atoms with Gasteiger partial charge in [0, 0.05) is 44.2 Å². The van der Waals surface area contributed by atoms with Crippen molar-refractivity contribution in [3.8, 4) is 0 Å². The smallest absolute Gasteiger partial charge is 0.253 e. The minimum Gasteiger partial charge on any atom is -0.352 e. The SMILES string of the molecule is Cc1ccc(S(=O)(=O)N2CCCC(C(=O)NCc3cccc(C(=O)N(C)C)c3)C2)s1. The quantitative estimate of drug-likeness (QED) is 0.734. The number of sulfonamides is 1. The van der Waals surface area contributed by atoms with Crippen LogP contribution in [-0.2, 0) is 21.4 Å². The lowest BCUT2D eigenvalue weighted by molar-refractivity contribution is -0.126. The molecule has 9 heteroatoms. The molecule has 2 heterocycles. The van der Waals surface area contributed by atoms with E-state index in [0.717, 1.165) is 10.4 Å². The second-order valence-electron chi connectivity index (χ2n) is 7.69. The molecule has 0 aliphatic carbocycles. The van der Waals surface area contributed by atoms with E-state index in [1.54, 1.807) is 44.4 Å². The standard InChI is InChI=1S/C21H27N3O4S2/c1-15-9-10-19(29-15)30(27,28)24-11-5-8-18(14-24)20(25)22-13-16-6-4-7-17(12-16)21(26)23(2)3/h4,6-7,9-10,12,18H,5,8,11,13-14H2,1-3H3,(H,22,25). The largest absolute Gasteiger partial charge is 0.352 e. The molecule has 1 aliphatic rings. The molecule has 3 rings (SSSR count). The van der Waals surface area contributed by atoms with E-state index in [0.29, 0.717) is 35.7 Å². The van der Waals surface area contributed by atoms with Crippen molar-refractivity contribution in [2.45, 2.75) is 30.5 Å². The average Bonchev–Trinajstić information content (AvgIpc) is 3.19. The highest BCUT2D eigenvalue weighted by atomic mass is 32.2. The molecule has 1 atom stereocenters. The highest BCUT2D eigenvalue weighted by molar-refractivity contribution is 7.91. The monoisotopic (exact) mass is 449 g/mol. The van der Waals surface area contributed by atoms with Crippen LogP contribution in [0, 0.1) is 12.8 Å². The Labute approximate surface area is 181 Å². The Morgan fingerprint density at radius 2 is 2.00 bits per heavy atom. The van der Waals surface area contributed by atoms with E-state index in [1.807, 2.05) is 13.0 Å². The fraction of sp³-hybridized carbons (Fsp3) is 0.429. The summed E-state index contributed by atoms with van der Waals surface area (Å²) in [5.41, 5.74) is 1.39. The Morgan fingerprint density at radius 3 is 2.67 bits per heavy atom. The maximum absolute atomic E-state index is 12.9. The Bertz CT molecular complexity index is 1030. The van der Waals surface area contributed by atoms with Crippen molar-refractivity contribution in [2.24, 2.45) is 5.92 Å². The summed E-state index contributed by atoms with van der Waals surface area (Å²) < 4.78 is 27.5. The van der Waals surface area contributed by atoms with Crippen molar-refractivity contribution in [1.29, 1.82) is 0 Å². The fourth-order valence-electron chi connectivity index (χ4n) is 3.46. The number of benzene rings is 1. The van der Waals surface area contributed by atoms with Crippen molar-refractivity contribution < 1.29 is 18.0 Å². The van der Waals surface area contributed by atoms with Gasteiger partial charge in [0.15, 0.2) is 0 Å². The molecule has 1 unspecified atom stereocenters. The summed E-state index contributed by atoms with van der Waals surface area (Å²) >= 11 is 1.25. The van der Waals surface area contributed by atoms with Crippen LogP contribution in [0.1, 0.15) is 33.6 Å². The third-order valence-corrected chi connectivity index (χ3v) is 8.44. The predicted octanol–water partition coefficient (Wildman–Crippen LogP) is 2.48. The molecule has 1 aromatic heterocycles. The molecule has 0 bridgehead atoms. The van der Waals surface area contributed by atoms with Crippen LogP contribution in [0.25, 0.3) is 0 Å². The lowest BCUT2D eigenvalue weighted by Gasteiger charge is -2.30. The highest BCUT2D eigenvalue weighted by Crippen LogP contribution is 2.28. The van der Waals surface area contributed by atoms with Gasteiger partial charge < -0.3 is 10.2 Å². The van der Waals surface area contributed by atoms with Crippen LogP contribution in [0.2, 0.25) is 0 Å². The van der Waals surface area contributed by atoms with Crippen molar-refractivity contribution in [3.63, 3.8) is 0 Å². The summed E-state index contributed by atoms with van der Waals surface area (Å²) in [4.78, 5) is 27.3. The minimum atomic E-state index is -3.57. The summed E-state index contributed by atoms with van der Waals surface area (Å²) in [5.74, 6) is -0.650. The van der Waals surface area contributed by atoms with Gasteiger partial charge in [-0.25, -0.2) is 8.42 Å². The molecule has 1 saturated heterocycles. The zero-order chi connectivity index (χ0) is 21.9. The number of aryl methyl sites for hydroxylation is 1. The van der Waals surface area contributed by atoms with Gasteiger partial charge in [-0.1, -0.05) is 12.1 Å². The first-order valence-electron chi connectivity index (χ1n) is 9.83. The Kier molecular flexibility index (Phi) is 6.95. The topological polar surface area (TPSA) is 86.8 Å². The average molecular weight is 450 g/mol. The first-order valence-corrected chi connectivity index (χ1v) is 12.1. The molecule has 1 N–H and O–H groups in total. The van der Waals surface area contributed by atoms with Crippen molar-refractivity contribution in [2.75, 3.05) is 27.2 Å². The molecule has 7 nitrogen and oxygen atoms in total. The molecular weight excluding hydrogens is 422 g/mol. The summed E-state index contributed by atoms with van der Waals surface area (Å²) in [7, 11) is -0.185. The van der Waals surface area contributed by atoms with E-state index in [4.69, 9.17) is 0 Å². The number of carbonyl (C=O) groups is 2. The zero-order valence-corrected chi connectivity index (χ0v) is 19.1. The molecule has 162 valence electrons. The third kappa shape index (κ3) is 5.08. The van der Waals surface area contributed by atoms with Crippen molar-refractivity contribution >= 4 is 33.2 Å². The van der Waals surface area contributed by atoms with Crippen LogP contribution in [0.5, 0.6) is 0 Å². The van der Waals surface area contributed by atoms with Gasteiger partial charge in [-0.05, 0) is 49.6 Å². The van der Waals surface area contributed by atoms with E-state index in [9.17, 15) is 18.0 Å². The van der Waals surface area contributed by atoms with Crippen LogP contribution in [0.3, 0.4) is 0 Å². The number of hydrogen-bond donors (Lipinski definition) is 1. The minimum absolute atomic E-state index is 0.0971. The van der Waals surface area contributed by atoms with E-state index in [-0.39, 0.29) is 24.3 Å². The maximum Gasteiger partial charge on any atom is 0.253 e. The number of nitrogens with zero attached hydrogens (tertiary/aromatic N) is 2.